The molecule has 2 rings (SSSR count). The summed E-state index contributed by atoms with van der Waals surface area (Å²) in [5, 5.41) is 11.2. The van der Waals surface area contributed by atoms with Gasteiger partial charge in [0.1, 0.15) is 6.33 Å². The normalized spacial score (nSPS) is 9.89. The number of hydrogen-bond donors (Lipinski definition) is 1. The third-order valence-electron chi connectivity index (χ3n) is 1.58. The van der Waals surface area contributed by atoms with Crippen molar-refractivity contribution < 1.29 is 31.0 Å². The smallest absolute Gasteiger partial charge is 0.155 e. The maximum atomic E-state index is 10.0. The van der Waals surface area contributed by atoms with Crippen LogP contribution in [0.3, 0.4) is 0 Å². The number of hydrogen-bond acceptors (Lipinski definition) is 6. The van der Waals surface area contributed by atoms with E-state index in [1.807, 2.05) is 5.38 Å². The number of ketones is 1. The van der Waals surface area contributed by atoms with Crippen molar-refractivity contribution in [1.82, 2.24) is 15.0 Å². The Morgan fingerprint density at radius 2 is 2.16 bits per heavy atom. The number of aliphatic hydroxyl groups excluding tert-OH is 1. The average molecular weight is 457 g/mol. The fourth-order valence-electron chi connectivity index (χ4n) is 1.01. The second-order valence-electron chi connectivity index (χ2n) is 3.25. The van der Waals surface area contributed by atoms with Crippen LogP contribution in [0, 0.1) is 6.07 Å². The van der Waals surface area contributed by atoms with Gasteiger partial charge >= 0.3 is 0 Å². The standard InChI is InChI=1S/C7H4N3S.C5H8O2.Pt/c1-2-8-5-10-6(1)7-9-3-4-11-7;1-4(6)3-5(2)7;/h2-5H;3,6H,1-2H3;/q-1;;/b;4-3-;. The number of aliphatic hydroxyl groups is 1. The zero-order valence-corrected chi connectivity index (χ0v) is 13.4. The van der Waals surface area contributed by atoms with Gasteiger partial charge in [-0.25, -0.2) is 17.4 Å². The van der Waals surface area contributed by atoms with E-state index in [0.29, 0.717) is 0 Å². The molecule has 7 heteroatoms. The Morgan fingerprint density at radius 3 is 2.53 bits per heavy atom. The number of thiazole rings is 1. The van der Waals surface area contributed by atoms with Gasteiger partial charge in [-0.3, -0.25) is 14.8 Å². The van der Waals surface area contributed by atoms with Gasteiger partial charge in [0, 0.05) is 33.3 Å². The minimum absolute atomic E-state index is 0. The van der Waals surface area contributed by atoms with Gasteiger partial charge in [-0.2, -0.15) is 0 Å². The van der Waals surface area contributed by atoms with Crippen LogP contribution in [0.4, 0.5) is 0 Å². The minimum atomic E-state index is -0.125. The zero-order valence-electron chi connectivity index (χ0n) is 10.3. The first-order valence-electron chi connectivity index (χ1n) is 5.05. The van der Waals surface area contributed by atoms with Gasteiger partial charge in [-0.1, -0.05) is 11.9 Å². The van der Waals surface area contributed by atoms with Gasteiger partial charge in [0.15, 0.2) is 5.78 Å². The summed E-state index contributed by atoms with van der Waals surface area (Å²) in [6.07, 6.45) is 5.99. The molecule has 0 saturated heterocycles. The molecule has 0 aliphatic carbocycles. The van der Waals surface area contributed by atoms with Gasteiger partial charge < -0.3 is 10.1 Å². The van der Waals surface area contributed by atoms with Crippen LogP contribution in [0.1, 0.15) is 13.8 Å². The first-order valence-corrected chi connectivity index (χ1v) is 5.93. The van der Waals surface area contributed by atoms with Crippen LogP contribution < -0.4 is 0 Å². The Bertz CT molecular complexity index is 511. The molecule has 19 heavy (non-hydrogen) atoms. The number of carbonyl (C=O) groups is 1. The third-order valence-corrected chi connectivity index (χ3v) is 2.36. The second kappa shape index (κ2) is 9.53. The molecule has 5 nitrogen and oxygen atoms in total. The van der Waals surface area contributed by atoms with Crippen molar-refractivity contribution in [3.63, 3.8) is 0 Å². The van der Waals surface area contributed by atoms with Crippen LogP contribution in [-0.2, 0) is 25.9 Å². The molecule has 2 aromatic rings. The molecular formula is C12H12N3O2PtS-. The molecule has 104 valence electrons. The number of rotatable bonds is 2. The van der Waals surface area contributed by atoms with Gasteiger partial charge in [0.2, 0.25) is 0 Å². The predicted octanol–water partition coefficient (Wildman–Crippen LogP) is 2.43. The SMILES string of the molecule is CC(=O)/C=C(/C)O.[Pt].[c-]1cncnc1-c1nccs1. The van der Waals surface area contributed by atoms with Gasteiger partial charge in [0.05, 0.1) is 5.76 Å². The summed E-state index contributed by atoms with van der Waals surface area (Å²) in [6.45, 7) is 2.85. The van der Waals surface area contributed by atoms with Crippen molar-refractivity contribution in [3.05, 3.63) is 42.0 Å². The summed E-state index contributed by atoms with van der Waals surface area (Å²) >= 11 is 1.54. The average Bonchev–Trinajstić information content (AvgIpc) is 2.82. The fourth-order valence-corrected chi connectivity index (χ4v) is 1.61. The Kier molecular flexibility index (Phi) is 8.83. The molecule has 0 radical (unpaired) electrons. The number of aromatic nitrogens is 3. The first kappa shape index (κ1) is 17.6. The van der Waals surface area contributed by atoms with Gasteiger partial charge in [-0.15, -0.1) is 0 Å². The number of allylic oxidation sites excluding steroid dienone is 2. The fraction of sp³-hybridized carbons (Fsp3) is 0.167. The summed E-state index contributed by atoms with van der Waals surface area (Å²) in [7, 11) is 0. The molecule has 0 aromatic carbocycles. The predicted molar refractivity (Wildman–Crippen MR) is 69.0 cm³/mol. The number of nitrogens with zero attached hydrogens (tertiary/aromatic N) is 3. The Morgan fingerprint density at radius 1 is 1.42 bits per heavy atom. The van der Waals surface area contributed by atoms with E-state index in [4.69, 9.17) is 5.11 Å². The molecule has 1 N–H and O–H groups in total. The molecule has 0 aliphatic rings. The summed E-state index contributed by atoms with van der Waals surface area (Å²) in [5.74, 6) is -0.0625. The van der Waals surface area contributed by atoms with Crippen LogP contribution >= 0.6 is 11.3 Å². The molecule has 0 spiro atoms. The Balaban J connectivity index is 0.000000360. The summed E-state index contributed by atoms with van der Waals surface area (Å²) < 4.78 is 0. The molecule has 0 unspecified atom stereocenters. The van der Waals surface area contributed by atoms with Crippen molar-refractivity contribution in [2.24, 2.45) is 0 Å². The van der Waals surface area contributed by atoms with E-state index < -0.39 is 0 Å². The van der Waals surface area contributed by atoms with E-state index in [2.05, 4.69) is 21.0 Å². The number of carbonyl (C=O) groups excluding carboxylic acids is 1. The zero-order chi connectivity index (χ0) is 13.4. The molecule has 0 aliphatic heterocycles. The Labute approximate surface area is 129 Å². The minimum Gasteiger partial charge on any atom is -0.512 e. The van der Waals surface area contributed by atoms with Crippen molar-refractivity contribution in [2.75, 3.05) is 0 Å². The molecule has 0 fully saturated rings. The van der Waals surface area contributed by atoms with Crippen LogP contribution in [0.5, 0.6) is 0 Å². The van der Waals surface area contributed by atoms with E-state index in [0.717, 1.165) is 10.7 Å². The van der Waals surface area contributed by atoms with Crippen molar-refractivity contribution >= 4 is 17.1 Å². The maximum Gasteiger partial charge on any atom is 0.155 e. The molecule has 0 amide bonds. The van der Waals surface area contributed by atoms with Crippen LogP contribution in [0.15, 0.2) is 35.9 Å². The first-order chi connectivity index (χ1) is 8.59. The topological polar surface area (TPSA) is 76.0 Å². The summed E-state index contributed by atoms with van der Waals surface area (Å²) in [5.41, 5.74) is 0.759. The van der Waals surface area contributed by atoms with E-state index in [1.165, 1.54) is 26.3 Å². The van der Waals surface area contributed by atoms with Gasteiger partial charge in [0.25, 0.3) is 0 Å². The molecular weight excluding hydrogens is 445 g/mol. The van der Waals surface area contributed by atoms with E-state index in [-0.39, 0.29) is 32.6 Å². The van der Waals surface area contributed by atoms with E-state index >= 15 is 0 Å². The second-order valence-corrected chi connectivity index (χ2v) is 4.14. The summed E-state index contributed by atoms with van der Waals surface area (Å²) in [6, 6.07) is 2.90. The molecule has 0 bridgehead atoms. The summed E-state index contributed by atoms with van der Waals surface area (Å²) in [4.78, 5) is 21.9. The van der Waals surface area contributed by atoms with Gasteiger partial charge in [-0.05, 0) is 24.2 Å². The monoisotopic (exact) mass is 457 g/mol. The Hall–Kier alpha value is -1.39. The van der Waals surface area contributed by atoms with Crippen molar-refractivity contribution in [1.29, 1.82) is 0 Å². The van der Waals surface area contributed by atoms with E-state index in [1.54, 1.807) is 23.7 Å². The van der Waals surface area contributed by atoms with E-state index in [9.17, 15) is 4.79 Å². The van der Waals surface area contributed by atoms with Crippen molar-refractivity contribution in [2.45, 2.75) is 13.8 Å². The molecule has 0 atom stereocenters. The van der Waals surface area contributed by atoms with Crippen LogP contribution in [0.2, 0.25) is 0 Å². The molecule has 2 heterocycles. The molecule has 0 saturated carbocycles. The van der Waals surface area contributed by atoms with Crippen LogP contribution in [0.25, 0.3) is 10.7 Å². The van der Waals surface area contributed by atoms with Crippen molar-refractivity contribution in [3.8, 4) is 10.7 Å². The van der Waals surface area contributed by atoms with Crippen LogP contribution in [-0.4, -0.2) is 25.8 Å². The third kappa shape index (κ3) is 7.59. The maximum absolute atomic E-state index is 10.0. The largest absolute Gasteiger partial charge is 0.512 e. The molecule has 2 aromatic heterocycles. The quantitative estimate of drug-likeness (QED) is 0.426.